The molecular weight excluding hydrogens is 178 g/mol. The molecule has 2 aliphatic rings. The molecule has 0 aromatic rings. The van der Waals surface area contributed by atoms with E-state index in [1.807, 2.05) is 24.3 Å². The molecule has 1 heterocycles. The number of aldehydes is 1. The number of hydrogen-bond acceptors (Lipinski definition) is 3. The van der Waals surface area contributed by atoms with Crippen molar-refractivity contribution in [2.75, 3.05) is 7.11 Å². The van der Waals surface area contributed by atoms with Gasteiger partial charge < -0.3 is 10.1 Å². The van der Waals surface area contributed by atoms with E-state index in [-0.39, 0.29) is 0 Å². The highest BCUT2D eigenvalue weighted by atomic mass is 16.5. The fourth-order valence-electron chi connectivity index (χ4n) is 1.53. The van der Waals surface area contributed by atoms with E-state index in [9.17, 15) is 4.79 Å². The first-order chi connectivity index (χ1) is 6.81. The Morgan fingerprint density at radius 3 is 3.00 bits per heavy atom. The maximum atomic E-state index is 10.6. The first-order valence-electron chi connectivity index (χ1n) is 4.41. The topological polar surface area (TPSA) is 38.3 Å². The molecule has 72 valence electrons. The number of carbonyl (C=O) groups is 1. The summed E-state index contributed by atoms with van der Waals surface area (Å²) >= 11 is 0. The predicted octanol–water partition coefficient (Wildman–Crippen LogP) is 1.42. The van der Waals surface area contributed by atoms with Gasteiger partial charge in [0.1, 0.15) is 5.76 Å². The number of carbonyl (C=O) groups excluding carboxylic acids is 1. The molecule has 1 aliphatic heterocycles. The molecule has 3 heteroatoms. The fraction of sp³-hybridized carbons (Fsp3) is 0.182. The summed E-state index contributed by atoms with van der Waals surface area (Å²) in [5.74, 6) is 0.794. The van der Waals surface area contributed by atoms with Gasteiger partial charge in [0.05, 0.1) is 12.8 Å². The van der Waals surface area contributed by atoms with Crippen LogP contribution in [-0.4, -0.2) is 13.4 Å². The molecule has 0 saturated carbocycles. The molecular formula is C11H11NO2. The van der Waals surface area contributed by atoms with Gasteiger partial charge in [0, 0.05) is 12.1 Å². The lowest BCUT2D eigenvalue weighted by atomic mass is 10.1. The van der Waals surface area contributed by atoms with Crippen molar-refractivity contribution in [1.29, 1.82) is 0 Å². The summed E-state index contributed by atoms with van der Waals surface area (Å²) < 4.78 is 5.14. The average Bonchev–Trinajstić information content (AvgIpc) is 2.36. The lowest BCUT2D eigenvalue weighted by Crippen LogP contribution is -2.18. The molecule has 1 aliphatic carbocycles. The molecule has 3 nitrogen and oxygen atoms in total. The summed E-state index contributed by atoms with van der Waals surface area (Å²) in [6, 6.07) is 0. The van der Waals surface area contributed by atoms with E-state index < -0.39 is 0 Å². The van der Waals surface area contributed by atoms with Crippen molar-refractivity contribution in [2.45, 2.75) is 6.42 Å². The molecule has 0 saturated heterocycles. The normalized spacial score (nSPS) is 19.2. The van der Waals surface area contributed by atoms with Crippen molar-refractivity contribution in [3.05, 3.63) is 47.0 Å². The van der Waals surface area contributed by atoms with Gasteiger partial charge in [-0.2, -0.15) is 0 Å². The van der Waals surface area contributed by atoms with Crippen molar-refractivity contribution in [3.63, 3.8) is 0 Å². The SMILES string of the molecule is COC1=CC=C2C=C(C=O)NC(=C1)C2. The number of ether oxygens (including phenoxy) is 1. The maximum absolute atomic E-state index is 10.6. The van der Waals surface area contributed by atoms with E-state index >= 15 is 0 Å². The highest BCUT2D eigenvalue weighted by molar-refractivity contribution is 5.75. The van der Waals surface area contributed by atoms with Crippen LogP contribution in [0.4, 0.5) is 0 Å². The molecule has 0 unspecified atom stereocenters. The second-order valence-corrected chi connectivity index (χ2v) is 3.20. The van der Waals surface area contributed by atoms with Crippen molar-refractivity contribution < 1.29 is 9.53 Å². The van der Waals surface area contributed by atoms with E-state index in [0.29, 0.717) is 5.70 Å². The first kappa shape index (κ1) is 8.81. The third kappa shape index (κ3) is 1.62. The summed E-state index contributed by atoms with van der Waals surface area (Å²) in [6.45, 7) is 0. The van der Waals surface area contributed by atoms with E-state index in [2.05, 4.69) is 5.32 Å². The molecule has 0 spiro atoms. The Morgan fingerprint density at radius 1 is 1.43 bits per heavy atom. The second kappa shape index (κ2) is 3.54. The van der Waals surface area contributed by atoms with Gasteiger partial charge in [-0.1, -0.05) is 6.08 Å². The number of allylic oxidation sites excluding steroid dienone is 6. The van der Waals surface area contributed by atoms with Gasteiger partial charge in [-0.05, 0) is 23.8 Å². The summed E-state index contributed by atoms with van der Waals surface area (Å²) in [5, 5.41) is 3.03. The van der Waals surface area contributed by atoms with Crippen LogP contribution in [0.5, 0.6) is 0 Å². The molecule has 0 amide bonds. The Kier molecular flexibility index (Phi) is 2.23. The lowest BCUT2D eigenvalue weighted by Gasteiger charge is -2.16. The number of rotatable bonds is 2. The number of methoxy groups -OCH3 is 1. The first-order valence-corrected chi connectivity index (χ1v) is 4.41. The Hall–Kier alpha value is -1.77. The van der Waals surface area contributed by atoms with Gasteiger partial charge in [0.25, 0.3) is 0 Å². The molecule has 0 atom stereocenters. The van der Waals surface area contributed by atoms with Crippen molar-refractivity contribution in [1.82, 2.24) is 5.32 Å². The molecule has 1 N–H and O–H groups in total. The number of hydrogen-bond donors (Lipinski definition) is 1. The zero-order valence-corrected chi connectivity index (χ0v) is 7.91. The minimum Gasteiger partial charge on any atom is -0.497 e. The lowest BCUT2D eigenvalue weighted by molar-refractivity contribution is -0.105. The number of nitrogens with one attached hydrogen (secondary N) is 1. The minimum atomic E-state index is 0.597. The van der Waals surface area contributed by atoms with Crippen LogP contribution < -0.4 is 5.32 Å². The summed E-state index contributed by atoms with van der Waals surface area (Å²) in [4.78, 5) is 10.6. The third-order valence-electron chi connectivity index (χ3n) is 2.18. The maximum Gasteiger partial charge on any atom is 0.166 e. The van der Waals surface area contributed by atoms with Gasteiger partial charge in [0.2, 0.25) is 0 Å². The van der Waals surface area contributed by atoms with Crippen LogP contribution in [0, 0.1) is 0 Å². The third-order valence-corrected chi connectivity index (χ3v) is 2.18. The molecule has 14 heavy (non-hydrogen) atoms. The highest BCUT2D eigenvalue weighted by Crippen LogP contribution is 2.22. The molecule has 0 radical (unpaired) electrons. The Bertz CT molecular complexity index is 386. The van der Waals surface area contributed by atoms with Gasteiger partial charge in [-0.3, -0.25) is 4.79 Å². The van der Waals surface area contributed by atoms with Crippen molar-refractivity contribution in [2.24, 2.45) is 0 Å². The van der Waals surface area contributed by atoms with Gasteiger partial charge in [0.15, 0.2) is 6.29 Å². The Balaban J connectivity index is 2.38. The van der Waals surface area contributed by atoms with Crippen LogP contribution in [0.25, 0.3) is 0 Å². The van der Waals surface area contributed by atoms with Crippen LogP contribution in [0.1, 0.15) is 6.42 Å². The van der Waals surface area contributed by atoms with Crippen LogP contribution in [0.3, 0.4) is 0 Å². The van der Waals surface area contributed by atoms with Gasteiger partial charge >= 0.3 is 0 Å². The average molecular weight is 189 g/mol. The standard InChI is InChI=1S/C11H11NO2/c1-14-11-3-2-8-4-9(6-11)12-10(5-8)7-13/h2-3,5-7,12H,4H2,1H3. The van der Waals surface area contributed by atoms with E-state index in [4.69, 9.17) is 4.74 Å². The summed E-state index contributed by atoms with van der Waals surface area (Å²) in [5.41, 5.74) is 2.70. The molecule has 0 aromatic heterocycles. The smallest absolute Gasteiger partial charge is 0.166 e. The quantitative estimate of drug-likeness (QED) is 0.667. The molecule has 0 aromatic carbocycles. The molecule has 0 fully saturated rings. The van der Waals surface area contributed by atoms with Crippen LogP contribution >= 0.6 is 0 Å². The van der Waals surface area contributed by atoms with Crippen LogP contribution in [0.2, 0.25) is 0 Å². The van der Waals surface area contributed by atoms with Gasteiger partial charge in [-0.25, -0.2) is 0 Å². The van der Waals surface area contributed by atoms with Crippen molar-refractivity contribution in [3.8, 4) is 0 Å². The monoisotopic (exact) mass is 189 g/mol. The zero-order chi connectivity index (χ0) is 9.97. The largest absolute Gasteiger partial charge is 0.497 e. The second-order valence-electron chi connectivity index (χ2n) is 3.20. The fourth-order valence-corrected chi connectivity index (χ4v) is 1.53. The Morgan fingerprint density at radius 2 is 2.29 bits per heavy atom. The highest BCUT2D eigenvalue weighted by Gasteiger charge is 2.13. The Labute approximate surface area is 82.4 Å². The number of fused-ring (bicyclic) bond motifs is 2. The van der Waals surface area contributed by atoms with Gasteiger partial charge in [-0.15, -0.1) is 0 Å². The van der Waals surface area contributed by atoms with Crippen LogP contribution in [-0.2, 0) is 9.53 Å². The summed E-state index contributed by atoms with van der Waals surface area (Å²) in [7, 11) is 1.63. The van der Waals surface area contributed by atoms with E-state index in [0.717, 1.165) is 29.7 Å². The summed E-state index contributed by atoms with van der Waals surface area (Å²) in [6.07, 6.45) is 9.25. The van der Waals surface area contributed by atoms with Crippen LogP contribution in [0.15, 0.2) is 47.0 Å². The van der Waals surface area contributed by atoms with Crippen molar-refractivity contribution >= 4 is 6.29 Å². The van der Waals surface area contributed by atoms with E-state index in [1.54, 1.807) is 7.11 Å². The molecule has 2 rings (SSSR count). The molecule has 2 bridgehead atoms. The minimum absolute atomic E-state index is 0.597. The predicted molar refractivity (Wildman–Crippen MR) is 53.2 cm³/mol. The zero-order valence-electron chi connectivity index (χ0n) is 7.91. The van der Waals surface area contributed by atoms with E-state index in [1.165, 1.54) is 0 Å².